The molecule has 0 fully saturated rings. The molecule has 0 aliphatic carbocycles. The third-order valence-electron chi connectivity index (χ3n) is 4.23. The van der Waals surface area contributed by atoms with Crippen LogP contribution in [0.2, 0.25) is 5.15 Å². The number of fused-ring (bicyclic) bond motifs is 1. The minimum Gasteiger partial charge on any atom is -0.319 e. The molecule has 0 aliphatic rings. The van der Waals surface area contributed by atoms with Gasteiger partial charge >= 0.3 is 11.6 Å². The average Bonchev–Trinajstić information content (AvgIpc) is 2.90. The lowest BCUT2D eigenvalue weighted by molar-refractivity contribution is -0.516. The van der Waals surface area contributed by atoms with Gasteiger partial charge in [0.25, 0.3) is 0 Å². The Bertz CT molecular complexity index is 1230. The second-order valence-corrected chi connectivity index (χ2v) is 6.55. The van der Waals surface area contributed by atoms with Crippen molar-refractivity contribution in [1.82, 2.24) is 19.7 Å². The lowest BCUT2D eigenvalue weighted by atomic mass is 10.00. The van der Waals surface area contributed by atoms with E-state index in [1.165, 1.54) is 21.2 Å². The number of aromatic nitrogens is 5. The second-order valence-electron chi connectivity index (χ2n) is 6.16. The molecule has 0 aliphatic heterocycles. The van der Waals surface area contributed by atoms with Crippen molar-refractivity contribution in [1.29, 1.82) is 0 Å². The summed E-state index contributed by atoms with van der Waals surface area (Å²) in [6.07, 6.45) is 0. The summed E-state index contributed by atoms with van der Waals surface area (Å²) in [6, 6.07) is 9.40. The van der Waals surface area contributed by atoms with Crippen LogP contribution in [0.4, 0.5) is 10.3 Å². The molecule has 0 atom stereocenters. The molecule has 27 heavy (non-hydrogen) atoms. The van der Waals surface area contributed by atoms with Gasteiger partial charge in [0.1, 0.15) is 16.7 Å². The molecule has 0 amide bonds. The first-order valence-corrected chi connectivity index (χ1v) is 8.43. The summed E-state index contributed by atoms with van der Waals surface area (Å²) >= 11 is 6.15. The molecule has 9 heteroatoms. The average molecular weight is 386 g/mol. The third-order valence-corrected chi connectivity index (χ3v) is 4.43. The number of hydrogen-bond donors (Lipinski definition) is 2. The monoisotopic (exact) mass is 385 g/mol. The van der Waals surface area contributed by atoms with Gasteiger partial charge < -0.3 is 5.73 Å². The van der Waals surface area contributed by atoms with Crippen LogP contribution in [-0.4, -0.2) is 19.7 Å². The standard InChI is InChI=1S/C18H14ClFN6O/c1-9-7-11(8-13(19)22-9)14-15(10-3-5-12(20)6-4-10)23-17(21)26-16(14)24-25(2)18(26)27/h3-8H,1-2H3,(H2,21,22,23,24)/p+1. The molecule has 0 spiro atoms. The summed E-state index contributed by atoms with van der Waals surface area (Å²) in [5, 5.41) is 3.31. The zero-order valence-electron chi connectivity index (χ0n) is 14.5. The molecule has 0 saturated heterocycles. The highest BCUT2D eigenvalue weighted by molar-refractivity contribution is 6.29. The van der Waals surface area contributed by atoms with E-state index in [1.54, 1.807) is 25.2 Å². The number of nitrogens with zero attached hydrogens (tertiary/aromatic N) is 4. The molecule has 0 radical (unpaired) electrons. The van der Waals surface area contributed by atoms with Crippen LogP contribution in [0, 0.1) is 12.7 Å². The summed E-state index contributed by atoms with van der Waals surface area (Å²) in [5.41, 5.74) is 9.31. The number of aromatic amines is 1. The van der Waals surface area contributed by atoms with Gasteiger partial charge in [0, 0.05) is 11.3 Å². The fourth-order valence-corrected chi connectivity index (χ4v) is 3.33. The molecular formula is C18H15ClFN6O+. The van der Waals surface area contributed by atoms with Gasteiger partial charge in [0.15, 0.2) is 0 Å². The number of anilines is 1. The topological polar surface area (TPSA) is 93.7 Å². The van der Waals surface area contributed by atoms with E-state index < -0.39 is 0 Å². The van der Waals surface area contributed by atoms with Crippen LogP contribution in [0.3, 0.4) is 0 Å². The molecule has 3 heterocycles. The fourth-order valence-electron chi connectivity index (χ4n) is 3.08. The maximum absolute atomic E-state index is 13.4. The van der Waals surface area contributed by atoms with Crippen molar-refractivity contribution in [3.63, 3.8) is 0 Å². The molecule has 0 saturated carbocycles. The number of rotatable bonds is 2. The highest BCUT2D eigenvalue weighted by Crippen LogP contribution is 2.33. The zero-order valence-corrected chi connectivity index (χ0v) is 15.3. The van der Waals surface area contributed by atoms with E-state index in [4.69, 9.17) is 17.3 Å². The number of aryl methyl sites for hydroxylation is 2. The number of nitrogens with two attached hydrogens (primary N) is 1. The number of hydrogen-bond acceptors (Lipinski definition) is 4. The summed E-state index contributed by atoms with van der Waals surface area (Å²) in [6.45, 7) is 1.82. The van der Waals surface area contributed by atoms with E-state index in [0.29, 0.717) is 38.9 Å². The Morgan fingerprint density at radius 1 is 1.19 bits per heavy atom. The van der Waals surface area contributed by atoms with Crippen molar-refractivity contribution < 1.29 is 8.79 Å². The molecule has 1 aromatic carbocycles. The van der Waals surface area contributed by atoms with Crippen molar-refractivity contribution >= 4 is 23.2 Å². The van der Waals surface area contributed by atoms with E-state index in [9.17, 15) is 9.18 Å². The van der Waals surface area contributed by atoms with Gasteiger partial charge in [-0.25, -0.2) is 19.3 Å². The molecule has 3 N–H and O–H groups in total. The van der Waals surface area contributed by atoms with Crippen molar-refractivity contribution in [2.75, 3.05) is 5.73 Å². The van der Waals surface area contributed by atoms with Crippen molar-refractivity contribution in [2.45, 2.75) is 6.92 Å². The Morgan fingerprint density at radius 3 is 2.56 bits per heavy atom. The Hall–Kier alpha value is -3.26. The van der Waals surface area contributed by atoms with E-state index in [2.05, 4.69) is 15.1 Å². The molecule has 4 aromatic rings. The van der Waals surface area contributed by atoms with Gasteiger partial charge in [-0.3, -0.25) is 0 Å². The lowest BCUT2D eigenvalue weighted by Gasteiger charge is -2.09. The molecule has 136 valence electrons. The summed E-state index contributed by atoms with van der Waals surface area (Å²) < 4.78 is 16.0. The summed E-state index contributed by atoms with van der Waals surface area (Å²) in [5.74, 6) is -0.341. The Morgan fingerprint density at radius 2 is 1.89 bits per heavy atom. The summed E-state index contributed by atoms with van der Waals surface area (Å²) in [7, 11) is 1.58. The molecule has 0 bridgehead atoms. The first kappa shape index (κ1) is 17.2. The Labute approximate surface area is 157 Å². The van der Waals surface area contributed by atoms with Crippen LogP contribution in [0.15, 0.2) is 41.2 Å². The number of pyridine rings is 1. The number of benzene rings is 1. The lowest BCUT2D eigenvalue weighted by Crippen LogP contribution is -2.43. The highest BCUT2D eigenvalue weighted by atomic mass is 35.5. The van der Waals surface area contributed by atoms with Gasteiger partial charge in [0.2, 0.25) is 5.65 Å². The first-order valence-electron chi connectivity index (χ1n) is 8.06. The predicted molar refractivity (Wildman–Crippen MR) is 99.8 cm³/mol. The molecular weight excluding hydrogens is 371 g/mol. The van der Waals surface area contributed by atoms with Crippen LogP contribution < -0.4 is 15.8 Å². The van der Waals surface area contributed by atoms with Crippen LogP contribution >= 0.6 is 11.6 Å². The van der Waals surface area contributed by atoms with E-state index >= 15 is 0 Å². The van der Waals surface area contributed by atoms with Crippen molar-refractivity contribution in [3.8, 4) is 22.4 Å². The molecule has 3 aromatic heterocycles. The van der Waals surface area contributed by atoms with Crippen LogP contribution in [0.5, 0.6) is 0 Å². The van der Waals surface area contributed by atoms with Gasteiger partial charge in [-0.1, -0.05) is 11.6 Å². The van der Waals surface area contributed by atoms with Gasteiger partial charge in [0.05, 0.1) is 12.6 Å². The first-order chi connectivity index (χ1) is 12.8. The number of nitrogen functional groups attached to an aromatic ring is 1. The van der Waals surface area contributed by atoms with Crippen LogP contribution in [0.1, 0.15) is 5.69 Å². The van der Waals surface area contributed by atoms with Crippen LogP contribution in [0.25, 0.3) is 28.0 Å². The van der Waals surface area contributed by atoms with Crippen molar-refractivity contribution in [2.24, 2.45) is 7.05 Å². The molecule has 0 unspecified atom stereocenters. The van der Waals surface area contributed by atoms with E-state index in [0.717, 1.165) is 0 Å². The maximum Gasteiger partial charge on any atom is 0.427 e. The molecule has 7 nitrogen and oxygen atoms in total. The number of halogens is 2. The third kappa shape index (κ3) is 2.83. The van der Waals surface area contributed by atoms with Crippen LogP contribution in [-0.2, 0) is 7.05 Å². The SMILES string of the molecule is Cc1cc(-c2c(-c3ccc(F)cc3)nc(N)[n+]3c(=O)n(C)[nH]c23)cc(Cl)n1. The van der Waals surface area contributed by atoms with Gasteiger partial charge in [-0.2, -0.15) is 4.68 Å². The number of nitrogens with one attached hydrogen (secondary N) is 1. The largest absolute Gasteiger partial charge is 0.427 e. The molecule has 4 rings (SSSR count). The number of H-pyrrole nitrogens is 1. The second kappa shape index (κ2) is 6.17. The fraction of sp³-hybridized carbons (Fsp3) is 0.111. The van der Waals surface area contributed by atoms with Gasteiger partial charge in [-0.15, -0.1) is 9.38 Å². The Balaban J connectivity index is 2.17. The van der Waals surface area contributed by atoms with E-state index in [1.807, 2.05) is 13.0 Å². The van der Waals surface area contributed by atoms with Gasteiger partial charge in [-0.05, 0) is 48.9 Å². The normalized spacial score (nSPS) is 11.3. The summed E-state index contributed by atoms with van der Waals surface area (Å²) in [4.78, 5) is 21.1. The predicted octanol–water partition coefficient (Wildman–Crippen LogP) is 2.26. The maximum atomic E-state index is 13.4. The highest BCUT2D eigenvalue weighted by Gasteiger charge is 2.25. The smallest absolute Gasteiger partial charge is 0.319 e. The quantitative estimate of drug-likeness (QED) is 0.409. The zero-order chi connectivity index (χ0) is 19.3. The Kier molecular flexibility index (Phi) is 3.92. The van der Waals surface area contributed by atoms with E-state index in [-0.39, 0.29) is 17.5 Å². The minimum absolute atomic E-state index is 0.0202. The van der Waals surface area contributed by atoms with Crippen molar-refractivity contribution in [3.05, 3.63) is 63.5 Å². The minimum atomic E-state index is -0.362.